The summed E-state index contributed by atoms with van der Waals surface area (Å²) in [4.78, 5) is 22.9. The molecule has 7 heteroatoms. The zero-order valence-corrected chi connectivity index (χ0v) is 34.8. The van der Waals surface area contributed by atoms with Crippen LogP contribution in [0.4, 0.5) is 0 Å². The van der Waals surface area contributed by atoms with Gasteiger partial charge in [-0.15, -0.1) is 51.8 Å². The van der Waals surface area contributed by atoms with Crippen LogP contribution < -0.4 is 0 Å². The van der Waals surface area contributed by atoms with E-state index in [-0.39, 0.29) is 47.9 Å². The van der Waals surface area contributed by atoms with E-state index in [1.807, 2.05) is 53.9 Å². The first-order valence-electron chi connectivity index (χ1n) is 17.4. The standard InChI is InChI=1S/C28H21N2S2.C15H28O2.Ir/c1-28(2,3)22-15-18(14-17-6-4-5-7-19(17)22)26-21-16-25(32-24(21)9-12-29-26)27-20-10-13-31-23(20)8-11-30-27;1-7-14(5,8-2)12(16)11-13(17)15(6,9-3)10-4;/h4-13,15-16H,1-3H3;11,16H,7-10H2,1-6H3;/q-1;;/b;12-11-;. The Labute approximate surface area is 319 Å². The molecule has 50 heavy (non-hydrogen) atoms. The number of hydrogen-bond donors (Lipinski definition) is 1. The second-order valence-corrected chi connectivity index (χ2v) is 16.5. The van der Waals surface area contributed by atoms with Crippen LogP contribution in [-0.4, -0.2) is 20.9 Å². The zero-order valence-electron chi connectivity index (χ0n) is 30.7. The van der Waals surface area contributed by atoms with E-state index in [1.54, 1.807) is 22.7 Å². The number of pyridine rings is 2. The van der Waals surface area contributed by atoms with Crippen LogP contribution >= 0.6 is 22.7 Å². The predicted molar refractivity (Wildman–Crippen MR) is 212 cm³/mol. The van der Waals surface area contributed by atoms with E-state index < -0.39 is 0 Å². The van der Waals surface area contributed by atoms with Gasteiger partial charge in [-0.25, -0.2) is 0 Å². The molecular weight excluding hydrogens is 833 g/mol. The van der Waals surface area contributed by atoms with Gasteiger partial charge in [-0.3, -0.25) is 14.8 Å². The Morgan fingerprint density at radius 1 is 0.780 bits per heavy atom. The van der Waals surface area contributed by atoms with Gasteiger partial charge in [0, 0.05) is 69.9 Å². The Bertz CT molecular complexity index is 2130. The molecule has 0 unspecified atom stereocenters. The summed E-state index contributed by atoms with van der Waals surface area (Å²) in [6.45, 7) is 18.9. The number of aliphatic hydroxyl groups excluding tert-OH is 1. The molecule has 0 aliphatic heterocycles. The maximum absolute atomic E-state index is 12.2. The van der Waals surface area contributed by atoms with E-state index >= 15 is 0 Å². The molecule has 0 aliphatic rings. The van der Waals surface area contributed by atoms with Crippen LogP contribution in [0, 0.1) is 16.9 Å². The van der Waals surface area contributed by atoms with E-state index in [2.05, 4.69) is 86.8 Å². The van der Waals surface area contributed by atoms with Crippen LogP contribution in [0.5, 0.6) is 0 Å². The summed E-state index contributed by atoms with van der Waals surface area (Å²) in [5, 5.41) is 17.0. The van der Waals surface area contributed by atoms with Gasteiger partial charge in [-0.2, -0.15) is 0 Å². The number of aromatic nitrogens is 2. The summed E-state index contributed by atoms with van der Waals surface area (Å²) in [5.74, 6) is 0.286. The van der Waals surface area contributed by atoms with Gasteiger partial charge in [-0.1, -0.05) is 91.5 Å². The van der Waals surface area contributed by atoms with Crippen molar-refractivity contribution in [2.24, 2.45) is 10.8 Å². The molecule has 0 bridgehead atoms. The number of hydrogen-bond acceptors (Lipinski definition) is 6. The van der Waals surface area contributed by atoms with Crippen molar-refractivity contribution >= 4 is 59.4 Å². The Balaban J connectivity index is 0.000000269. The van der Waals surface area contributed by atoms with Crippen molar-refractivity contribution < 1.29 is 30.0 Å². The van der Waals surface area contributed by atoms with Gasteiger partial charge in [0.25, 0.3) is 0 Å². The number of thiophene rings is 2. The van der Waals surface area contributed by atoms with Crippen LogP contribution in [0.2, 0.25) is 0 Å². The number of benzene rings is 2. The second-order valence-electron chi connectivity index (χ2n) is 14.5. The summed E-state index contributed by atoms with van der Waals surface area (Å²) < 4.78 is 2.49. The SMILES string of the molecule is CC(C)(C)c1cc(-c2nccc3sc(-c4nccc5sccc45)cc23)[c-]c2ccccc12.CCC(C)(CC)C(=O)/C=C(\O)C(C)(CC)CC.[Ir]. The molecule has 1 radical (unpaired) electrons. The van der Waals surface area contributed by atoms with Crippen LogP contribution in [-0.2, 0) is 30.3 Å². The largest absolute Gasteiger partial charge is 0.512 e. The molecule has 6 rings (SSSR count). The fourth-order valence-electron chi connectivity index (χ4n) is 6.05. The maximum atomic E-state index is 12.2. The van der Waals surface area contributed by atoms with E-state index in [4.69, 9.17) is 9.97 Å². The quantitative estimate of drug-likeness (QED) is 0.0893. The van der Waals surface area contributed by atoms with Gasteiger partial charge in [-0.05, 0) is 66.1 Å². The predicted octanol–water partition coefficient (Wildman–Crippen LogP) is 13.1. The average Bonchev–Trinajstić information content (AvgIpc) is 3.78. The topological polar surface area (TPSA) is 63.1 Å². The summed E-state index contributed by atoms with van der Waals surface area (Å²) in [5.41, 5.74) is 3.82. The molecule has 4 heterocycles. The molecule has 2 aromatic carbocycles. The van der Waals surface area contributed by atoms with E-state index in [0.717, 1.165) is 53.4 Å². The number of nitrogens with zero attached hydrogens (tertiary/aromatic N) is 2. The van der Waals surface area contributed by atoms with Gasteiger partial charge in [0.05, 0.1) is 10.6 Å². The monoisotopic (exact) mass is 882 g/mol. The van der Waals surface area contributed by atoms with Gasteiger partial charge in [0.1, 0.15) is 5.76 Å². The average molecular weight is 882 g/mol. The molecule has 6 aromatic rings. The normalized spacial score (nSPS) is 12.5. The van der Waals surface area contributed by atoms with Crippen molar-refractivity contribution in [1.82, 2.24) is 9.97 Å². The number of aliphatic hydroxyl groups is 1. The van der Waals surface area contributed by atoms with Crippen molar-refractivity contribution in [3.8, 4) is 21.8 Å². The number of carbonyl (C=O) groups is 1. The van der Waals surface area contributed by atoms with Crippen LogP contribution in [0.15, 0.2) is 84.2 Å². The minimum Gasteiger partial charge on any atom is -0.512 e. The summed E-state index contributed by atoms with van der Waals surface area (Å²) in [6, 6.07) is 23.1. The van der Waals surface area contributed by atoms with Crippen LogP contribution in [0.3, 0.4) is 0 Å². The molecule has 0 fully saturated rings. The number of ketones is 1. The summed E-state index contributed by atoms with van der Waals surface area (Å²) in [6.07, 6.45) is 8.57. The van der Waals surface area contributed by atoms with Crippen LogP contribution in [0.1, 0.15) is 93.6 Å². The van der Waals surface area contributed by atoms with Crippen LogP contribution in [0.25, 0.3) is 52.8 Å². The fourth-order valence-corrected chi connectivity index (χ4v) is 7.90. The summed E-state index contributed by atoms with van der Waals surface area (Å²) >= 11 is 3.53. The number of allylic oxidation sites excluding steroid dienone is 2. The van der Waals surface area contributed by atoms with Gasteiger partial charge in [0.15, 0.2) is 5.78 Å². The third-order valence-electron chi connectivity index (χ3n) is 10.5. The van der Waals surface area contributed by atoms with Crippen molar-refractivity contribution in [2.75, 3.05) is 0 Å². The minimum absolute atomic E-state index is 0. The van der Waals surface area contributed by atoms with E-state index in [1.165, 1.54) is 36.7 Å². The first-order chi connectivity index (χ1) is 23.3. The van der Waals surface area contributed by atoms with Gasteiger partial charge in [0.2, 0.25) is 0 Å². The van der Waals surface area contributed by atoms with Crippen molar-refractivity contribution in [2.45, 2.75) is 93.4 Å². The molecule has 0 saturated carbocycles. The Morgan fingerprint density at radius 3 is 2.04 bits per heavy atom. The molecule has 0 atom stereocenters. The molecule has 265 valence electrons. The molecule has 0 aliphatic carbocycles. The molecule has 0 saturated heterocycles. The zero-order chi connectivity index (χ0) is 35.6. The first-order valence-corrected chi connectivity index (χ1v) is 19.1. The maximum Gasteiger partial charge on any atom is 0.164 e. The number of carbonyl (C=O) groups excluding carboxylic acids is 1. The molecule has 1 N–H and O–H groups in total. The van der Waals surface area contributed by atoms with E-state index in [9.17, 15) is 9.90 Å². The Morgan fingerprint density at radius 2 is 1.40 bits per heavy atom. The third kappa shape index (κ3) is 7.97. The fraction of sp³-hybridized carbons (Fsp3) is 0.372. The van der Waals surface area contributed by atoms with Crippen molar-refractivity contribution in [3.05, 3.63) is 95.8 Å². The minimum atomic E-state index is -0.337. The third-order valence-corrected chi connectivity index (χ3v) is 12.5. The Hall–Kier alpha value is -3.22. The van der Waals surface area contributed by atoms with Gasteiger partial charge >= 0.3 is 0 Å². The molecular formula is C43H49IrN2O2S2-. The smallest absolute Gasteiger partial charge is 0.164 e. The Kier molecular flexibility index (Phi) is 12.6. The summed E-state index contributed by atoms with van der Waals surface area (Å²) in [7, 11) is 0. The number of fused-ring (bicyclic) bond motifs is 3. The molecule has 4 aromatic heterocycles. The molecule has 4 nitrogen and oxygen atoms in total. The number of rotatable bonds is 9. The van der Waals surface area contributed by atoms with Crippen molar-refractivity contribution in [1.29, 1.82) is 0 Å². The van der Waals surface area contributed by atoms with Gasteiger partial charge < -0.3 is 5.11 Å². The van der Waals surface area contributed by atoms with E-state index in [0.29, 0.717) is 0 Å². The molecule has 0 spiro atoms. The first kappa shape index (κ1) is 39.6. The van der Waals surface area contributed by atoms with Crippen molar-refractivity contribution in [3.63, 3.8) is 0 Å². The second kappa shape index (κ2) is 16.0. The molecule has 0 amide bonds.